The highest BCUT2D eigenvalue weighted by Gasteiger charge is 2.19. The fraction of sp³-hybridized carbons (Fsp3) is 0.231. The Morgan fingerprint density at radius 2 is 2.24 bits per heavy atom. The van der Waals surface area contributed by atoms with Crippen molar-refractivity contribution in [1.29, 1.82) is 0 Å². The molecule has 6 nitrogen and oxygen atoms in total. The van der Waals surface area contributed by atoms with Crippen LogP contribution < -0.4 is 0 Å². The topological polar surface area (TPSA) is 78.1 Å². The van der Waals surface area contributed by atoms with Gasteiger partial charge in [-0.05, 0) is 25.3 Å². The fourth-order valence-corrected chi connectivity index (χ4v) is 3.44. The first-order valence-electron chi connectivity index (χ1n) is 6.11. The third-order valence-electron chi connectivity index (χ3n) is 2.61. The summed E-state index contributed by atoms with van der Waals surface area (Å²) in [6.07, 6.45) is 0. The van der Waals surface area contributed by atoms with Crippen LogP contribution in [0, 0.1) is 13.8 Å². The van der Waals surface area contributed by atoms with Crippen molar-refractivity contribution in [3.63, 3.8) is 0 Å². The number of esters is 1. The summed E-state index contributed by atoms with van der Waals surface area (Å²) in [5.41, 5.74) is 0.662. The standard InChI is InChI=1S/C13H11N3O3S2/c1-7-11(21-12(14-7)9-4-3-5-20-9)13(17)18-6-10-15-8(2)16-19-10/h3-5H,6H2,1-2H3. The van der Waals surface area contributed by atoms with Gasteiger partial charge in [-0.1, -0.05) is 11.2 Å². The molecule has 0 N–H and O–H groups in total. The highest BCUT2D eigenvalue weighted by molar-refractivity contribution is 7.22. The van der Waals surface area contributed by atoms with Crippen molar-refractivity contribution in [2.45, 2.75) is 20.5 Å². The maximum atomic E-state index is 12.1. The number of aryl methyl sites for hydroxylation is 2. The number of rotatable bonds is 4. The summed E-state index contributed by atoms with van der Waals surface area (Å²) < 4.78 is 10.1. The summed E-state index contributed by atoms with van der Waals surface area (Å²) in [7, 11) is 0. The lowest BCUT2D eigenvalue weighted by Gasteiger charge is -1.99. The lowest BCUT2D eigenvalue weighted by Crippen LogP contribution is -2.05. The molecule has 8 heteroatoms. The highest BCUT2D eigenvalue weighted by Crippen LogP contribution is 2.31. The minimum absolute atomic E-state index is 0.0364. The maximum absolute atomic E-state index is 12.1. The van der Waals surface area contributed by atoms with Crippen molar-refractivity contribution >= 4 is 28.6 Å². The summed E-state index contributed by atoms with van der Waals surface area (Å²) in [5, 5.41) is 6.43. The van der Waals surface area contributed by atoms with E-state index in [1.165, 1.54) is 11.3 Å². The molecule has 21 heavy (non-hydrogen) atoms. The predicted molar refractivity (Wildman–Crippen MR) is 78.3 cm³/mol. The van der Waals surface area contributed by atoms with Gasteiger partial charge >= 0.3 is 5.97 Å². The van der Waals surface area contributed by atoms with Crippen molar-refractivity contribution in [2.24, 2.45) is 0 Å². The number of thiazole rings is 1. The molecular formula is C13H11N3O3S2. The summed E-state index contributed by atoms with van der Waals surface area (Å²) in [6.45, 7) is 3.46. The smallest absolute Gasteiger partial charge is 0.350 e. The maximum Gasteiger partial charge on any atom is 0.350 e. The molecule has 0 bridgehead atoms. The summed E-state index contributed by atoms with van der Waals surface area (Å²) >= 11 is 2.91. The average molecular weight is 321 g/mol. The molecule has 0 aromatic carbocycles. The molecule has 0 unspecified atom stereocenters. The van der Waals surface area contributed by atoms with E-state index in [0.29, 0.717) is 16.4 Å². The molecule has 3 heterocycles. The molecule has 108 valence electrons. The van der Waals surface area contributed by atoms with E-state index < -0.39 is 5.97 Å². The second kappa shape index (κ2) is 5.74. The van der Waals surface area contributed by atoms with E-state index in [1.54, 1.807) is 25.2 Å². The average Bonchev–Trinajstić information content (AvgIpc) is 3.16. The fourth-order valence-electron chi connectivity index (χ4n) is 1.68. The number of hydrogen-bond donors (Lipinski definition) is 0. The molecule has 0 fully saturated rings. The zero-order chi connectivity index (χ0) is 14.8. The van der Waals surface area contributed by atoms with Crippen LogP contribution in [0.1, 0.15) is 27.1 Å². The third kappa shape index (κ3) is 3.01. The third-order valence-corrected chi connectivity index (χ3v) is 4.79. The van der Waals surface area contributed by atoms with Gasteiger partial charge in [0.05, 0.1) is 10.6 Å². The van der Waals surface area contributed by atoms with Crippen LogP contribution in [-0.2, 0) is 11.3 Å². The Morgan fingerprint density at radius 1 is 1.38 bits per heavy atom. The van der Waals surface area contributed by atoms with E-state index in [2.05, 4.69) is 15.1 Å². The Hall–Kier alpha value is -2.06. The number of nitrogens with zero attached hydrogens (tertiary/aromatic N) is 3. The van der Waals surface area contributed by atoms with E-state index in [9.17, 15) is 4.79 Å². The first kappa shape index (κ1) is 13.9. The van der Waals surface area contributed by atoms with Crippen molar-refractivity contribution in [1.82, 2.24) is 15.1 Å². The van der Waals surface area contributed by atoms with Crippen LogP contribution in [0.15, 0.2) is 22.0 Å². The van der Waals surface area contributed by atoms with Crippen molar-refractivity contribution in [2.75, 3.05) is 0 Å². The lowest BCUT2D eigenvalue weighted by molar-refractivity contribution is 0.0434. The molecule has 3 rings (SSSR count). The van der Waals surface area contributed by atoms with Gasteiger partial charge in [0.2, 0.25) is 0 Å². The van der Waals surface area contributed by atoms with Crippen molar-refractivity contribution in [3.05, 3.63) is 39.8 Å². The van der Waals surface area contributed by atoms with Gasteiger partial charge in [-0.3, -0.25) is 0 Å². The molecule has 0 saturated carbocycles. The molecule has 3 aromatic rings. The van der Waals surface area contributed by atoms with E-state index in [4.69, 9.17) is 9.26 Å². The number of carbonyl (C=O) groups is 1. The molecule has 0 aliphatic carbocycles. The normalized spacial score (nSPS) is 10.8. The SMILES string of the molecule is Cc1noc(COC(=O)c2sc(-c3cccs3)nc2C)n1. The molecule has 0 radical (unpaired) electrons. The quantitative estimate of drug-likeness (QED) is 0.687. The Bertz CT molecular complexity index is 762. The number of hydrogen-bond acceptors (Lipinski definition) is 8. The summed E-state index contributed by atoms with van der Waals surface area (Å²) in [4.78, 5) is 22.0. The molecule has 0 atom stereocenters. The number of thiophene rings is 1. The van der Waals surface area contributed by atoms with Gasteiger partial charge in [0, 0.05) is 0 Å². The van der Waals surface area contributed by atoms with Crippen LogP contribution in [-0.4, -0.2) is 21.1 Å². The Morgan fingerprint density at radius 3 is 2.90 bits per heavy atom. The van der Waals surface area contributed by atoms with Crippen molar-refractivity contribution in [3.8, 4) is 9.88 Å². The van der Waals surface area contributed by atoms with E-state index in [1.807, 2.05) is 17.5 Å². The number of carbonyl (C=O) groups excluding carboxylic acids is 1. The van der Waals surface area contributed by atoms with Gasteiger partial charge < -0.3 is 9.26 Å². The molecule has 0 spiro atoms. The van der Waals surface area contributed by atoms with Crippen LogP contribution in [0.3, 0.4) is 0 Å². The highest BCUT2D eigenvalue weighted by atomic mass is 32.1. The first-order valence-corrected chi connectivity index (χ1v) is 7.80. The first-order chi connectivity index (χ1) is 10.1. The minimum Gasteiger partial charge on any atom is -0.451 e. The van der Waals surface area contributed by atoms with Gasteiger partial charge in [0.15, 0.2) is 12.4 Å². The van der Waals surface area contributed by atoms with Gasteiger partial charge in [-0.25, -0.2) is 9.78 Å². The van der Waals surface area contributed by atoms with Crippen LogP contribution in [0.25, 0.3) is 9.88 Å². The van der Waals surface area contributed by atoms with Crippen LogP contribution in [0.4, 0.5) is 0 Å². The van der Waals surface area contributed by atoms with Crippen LogP contribution >= 0.6 is 22.7 Å². The molecule has 3 aromatic heterocycles. The largest absolute Gasteiger partial charge is 0.451 e. The van der Waals surface area contributed by atoms with Gasteiger partial charge in [0.25, 0.3) is 5.89 Å². The zero-order valence-corrected chi connectivity index (χ0v) is 13.0. The second-order valence-corrected chi connectivity index (χ2v) is 6.17. The van der Waals surface area contributed by atoms with E-state index in [0.717, 1.165) is 9.88 Å². The lowest BCUT2D eigenvalue weighted by atomic mass is 10.4. The van der Waals surface area contributed by atoms with E-state index in [-0.39, 0.29) is 12.5 Å². The Kier molecular flexibility index (Phi) is 3.80. The Balaban J connectivity index is 1.72. The van der Waals surface area contributed by atoms with Gasteiger partial charge in [0.1, 0.15) is 9.88 Å². The molecule has 0 saturated heterocycles. The number of ether oxygens (including phenoxy) is 1. The number of aromatic nitrogens is 3. The van der Waals surface area contributed by atoms with E-state index >= 15 is 0 Å². The summed E-state index contributed by atoms with van der Waals surface area (Å²) in [6, 6.07) is 3.92. The van der Waals surface area contributed by atoms with Crippen molar-refractivity contribution < 1.29 is 14.1 Å². The minimum atomic E-state index is -0.427. The second-order valence-electron chi connectivity index (χ2n) is 4.22. The van der Waals surface area contributed by atoms with Gasteiger partial charge in [-0.15, -0.1) is 22.7 Å². The van der Waals surface area contributed by atoms with Gasteiger partial charge in [-0.2, -0.15) is 4.98 Å². The molecule has 0 amide bonds. The monoisotopic (exact) mass is 321 g/mol. The predicted octanol–water partition coefficient (Wildman–Crippen LogP) is 3.23. The van der Waals surface area contributed by atoms with Crippen LogP contribution in [0.2, 0.25) is 0 Å². The molecular weight excluding hydrogens is 310 g/mol. The molecule has 0 aliphatic heterocycles. The Labute approximate surface area is 128 Å². The van der Waals surface area contributed by atoms with Crippen LogP contribution in [0.5, 0.6) is 0 Å². The zero-order valence-electron chi connectivity index (χ0n) is 11.3. The summed E-state index contributed by atoms with van der Waals surface area (Å²) in [5.74, 6) is 0.361. The molecule has 0 aliphatic rings.